The summed E-state index contributed by atoms with van der Waals surface area (Å²) in [5.41, 5.74) is 0. The molecule has 80 valence electrons. The zero-order valence-corrected chi connectivity index (χ0v) is 11.2. The molecule has 0 aliphatic heterocycles. The van der Waals surface area contributed by atoms with Crippen LogP contribution in [0.4, 0.5) is 0 Å². The Morgan fingerprint density at radius 1 is 1.00 bits per heavy atom. The number of unbranched alkanes of at least 4 members (excludes halogenated alkanes) is 1. The number of hydrogen-bond donors (Lipinski definition) is 0. The highest BCUT2D eigenvalue weighted by molar-refractivity contribution is 6.52. The van der Waals surface area contributed by atoms with Crippen LogP contribution >= 0.6 is 0 Å². The van der Waals surface area contributed by atoms with Crippen molar-refractivity contribution in [3.63, 3.8) is 0 Å². The van der Waals surface area contributed by atoms with E-state index in [0.29, 0.717) is 0 Å². The van der Waals surface area contributed by atoms with Gasteiger partial charge in [-0.2, -0.15) is 0 Å². The summed E-state index contributed by atoms with van der Waals surface area (Å²) in [5.74, 6) is 0. The van der Waals surface area contributed by atoms with Crippen molar-refractivity contribution in [2.24, 2.45) is 0 Å². The van der Waals surface area contributed by atoms with E-state index >= 15 is 0 Å². The molecule has 0 aromatic rings. The van der Waals surface area contributed by atoms with Crippen LogP contribution in [0.2, 0.25) is 6.04 Å². The quantitative estimate of drug-likeness (QED) is 0.582. The van der Waals surface area contributed by atoms with Crippen LogP contribution in [-0.2, 0) is 0 Å². The molecule has 0 aliphatic rings. The van der Waals surface area contributed by atoms with Gasteiger partial charge in [0.25, 0.3) is 0 Å². The van der Waals surface area contributed by atoms with Crippen LogP contribution in [0.3, 0.4) is 0 Å². The summed E-state index contributed by atoms with van der Waals surface area (Å²) in [7, 11) is 3.71. The van der Waals surface area contributed by atoms with Gasteiger partial charge in [-0.15, -0.1) is 0 Å². The van der Waals surface area contributed by atoms with Crippen molar-refractivity contribution in [2.45, 2.75) is 39.7 Å². The van der Waals surface area contributed by atoms with Gasteiger partial charge in [0.15, 0.2) is 9.12 Å². The third kappa shape index (κ3) is 4.79. The molecular weight excluding hydrogens is 176 g/mol. The Balaban J connectivity index is 4.04. The van der Waals surface area contributed by atoms with Gasteiger partial charge >= 0.3 is 0 Å². The second-order valence-corrected chi connectivity index (χ2v) is 7.11. The Morgan fingerprint density at radius 2 is 1.54 bits per heavy atom. The van der Waals surface area contributed by atoms with Crippen molar-refractivity contribution in [1.29, 1.82) is 0 Å². The number of nitrogens with zero attached hydrogens (tertiary/aromatic N) is 2. The first kappa shape index (κ1) is 13.1. The van der Waals surface area contributed by atoms with E-state index in [-0.39, 0.29) is 0 Å². The second kappa shape index (κ2) is 7.53. The molecule has 2 nitrogen and oxygen atoms in total. The Kier molecular flexibility index (Phi) is 7.61. The van der Waals surface area contributed by atoms with Crippen LogP contribution in [0.1, 0.15) is 33.6 Å². The summed E-state index contributed by atoms with van der Waals surface area (Å²) in [6.07, 6.45) is 2.73. The molecule has 0 radical (unpaired) electrons. The fourth-order valence-electron chi connectivity index (χ4n) is 1.80. The summed E-state index contributed by atoms with van der Waals surface area (Å²) in [5, 5.41) is 0. The first-order valence-electron chi connectivity index (χ1n) is 5.57. The van der Waals surface area contributed by atoms with Crippen molar-refractivity contribution in [1.82, 2.24) is 9.13 Å². The average Bonchev–Trinajstić information content (AvgIpc) is 2.11. The highest BCUT2D eigenvalue weighted by atomic mass is 28.3. The van der Waals surface area contributed by atoms with Gasteiger partial charge < -0.3 is 9.13 Å². The summed E-state index contributed by atoms with van der Waals surface area (Å²) in [6, 6.07) is 1.44. The van der Waals surface area contributed by atoms with Gasteiger partial charge in [-0.05, 0) is 33.2 Å². The Bertz CT molecular complexity index is 113. The largest absolute Gasteiger partial charge is 0.320 e. The average molecular weight is 202 g/mol. The van der Waals surface area contributed by atoms with Crippen molar-refractivity contribution < 1.29 is 0 Å². The highest BCUT2D eigenvalue weighted by Crippen LogP contribution is 2.07. The minimum absolute atomic E-state index is 0.773. The third-order valence-electron chi connectivity index (χ3n) is 2.65. The molecule has 0 spiro atoms. The normalized spacial score (nSPS) is 14.1. The predicted molar refractivity (Wildman–Crippen MR) is 63.5 cm³/mol. The zero-order valence-electron chi connectivity index (χ0n) is 10.0. The minimum Gasteiger partial charge on any atom is -0.320 e. The van der Waals surface area contributed by atoms with Crippen LogP contribution in [0.15, 0.2) is 0 Å². The standard InChI is InChI=1S/C10H26N2Si/c1-6-9-10-13(11(4)5)12(7-2)8-3/h13H,6-10H2,1-5H3. The molecule has 0 bridgehead atoms. The fraction of sp³-hybridized carbons (Fsp3) is 1.00. The molecule has 3 heteroatoms. The highest BCUT2D eigenvalue weighted by Gasteiger charge is 2.19. The van der Waals surface area contributed by atoms with E-state index in [1.165, 1.54) is 32.0 Å². The molecule has 1 unspecified atom stereocenters. The van der Waals surface area contributed by atoms with Gasteiger partial charge in [-0.25, -0.2) is 0 Å². The molecule has 0 saturated carbocycles. The first-order chi connectivity index (χ1) is 6.17. The maximum atomic E-state index is 2.66. The van der Waals surface area contributed by atoms with Crippen molar-refractivity contribution in [3.05, 3.63) is 0 Å². The van der Waals surface area contributed by atoms with E-state index < -0.39 is 9.12 Å². The van der Waals surface area contributed by atoms with Crippen LogP contribution in [0.25, 0.3) is 0 Å². The van der Waals surface area contributed by atoms with Gasteiger partial charge in [0.1, 0.15) is 0 Å². The molecule has 0 saturated heterocycles. The lowest BCUT2D eigenvalue weighted by Crippen LogP contribution is -2.49. The van der Waals surface area contributed by atoms with E-state index in [1.807, 2.05) is 0 Å². The Hall–Kier alpha value is 0.137. The molecule has 0 heterocycles. The maximum absolute atomic E-state index is 2.66. The van der Waals surface area contributed by atoms with Crippen LogP contribution < -0.4 is 0 Å². The summed E-state index contributed by atoms with van der Waals surface area (Å²) in [4.78, 5) is 0. The van der Waals surface area contributed by atoms with Crippen molar-refractivity contribution in [3.8, 4) is 0 Å². The molecule has 1 atom stereocenters. The molecule has 0 rings (SSSR count). The Morgan fingerprint density at radius 3 is 1.85 bits per heavy atom. The maximum Gasteiger partial charge on any atom is 0.189 e. The fourth-order valence-corrected chi connectivity index (χ4v) is 4.95. The lowest BCUT2D eigenvalue weighted by atomic mass is 10.4. The van der Waals surface area contributed by atoms with E-state index in [4.69, 9.17) is 0 Å². The van der Waals surface area contributed by atoms with Crippen molar-refractivity contribution in [2.75, 3.05) is 27.2 Å². The molecule has 0 aliphatic carbocycles. The van der Waals surface area contributed by atoms with E-state index in [9.17, 15) is 0 Å². The van der Waals surface area contributed by atoms with E-state index in [0.717, 1.165) is 0 Å². The predicted octanol–water partition coefficient (Wildman–Crippen LogP) is 1.91. The molecule has 0 N–H and O–H groups in total. The van der Waals surface area contributed by atoms with Crippen molar-refractivity contribution >= 4 is 9.12 Å². The molecule has 0 aromatic heterocycles. The van der Waals surface area contributed by atoms with Gasteiger partial charge in [-0.1, -0.05) is 33.6 Å². The lowest BCUT2D eigenvalue weighted by Gasteiger charge is -2.33. The summed E-state index contributed by atoms with van der Waals surface area (Å²) >= 11 is 0. The van der Waals surface area contributed by atoms with Crippen LogP contribution in [0.5, 0.6) is 0 Å². The smallest absolute Gasteiger partial charge is 0.189 e. The molecular formula is C10H26N2Si. The van der Waals surface area contributed by atoms with Gasteiger partial charge in [0, 0.05) is 0 Å². The molecule has 0 fully saturated rings. The lowest BCUT2D eigenvalue weighted by molar-refractivity contribution is 0.420. The number of hydrogen-bond acceptors (Lipinski definition) is 2. The molecule has 0 amide bonds. The van der Waals surface area contributed by atoms with Gasteiger partial charge in [-0.3, -0.25) is 0 Å². The molecule has 13 heavy (non-hydrogen) atoms. The zero-order chi connectivity index (χ0) is 10.3. The SMILES string of the molecule is CCCC[SiH](N(C)C)N(CC)CC. The number of rotatable bonds is 7. The van der Waals surface area contributed by atoms with Crippen LogP contribution in [0, 0.1) is 0 Å². The first-order valence-corrected chi connectivity index (χ1v) is 7.42. The summed E-state index contributed by atoms with van der Waals surface area (Å²) < 4.78 is 5.14. The van der Waals surface area contributed by atoms with Gasteiger partial charge in [0.05, 0.1) is 0 Å². The van der Waals surface area contributed by atoms with Gasteiger partial charge in [0.2, 0.25) is 0 Å². The topological polar surface area (TPSA) is 6.48 Å². The van der Waals surface area contributed by atoms with E-state index in [1.54, 1.807) is 0 Å². The third-order valence-corrected chi connectivity index (χ3v) is 6.34. The molecule has 0 aromatic carbocycles. The minimum atomic E-state index is -0.773. The second-order valence-electron chi connectivity index (χ2n) is 3.81. The van der Waals surface area contributed by atoms with E-state index in [2.05, 4.69) is 44.0 Å². The Labute approximate surface area is 85.7 Å². The van der Waals surface area contributed by atoms with Crippen LogP contribution in [-0.4, -0.2) is 45.4 Å². The summed E-state index contributed by atoms with van der Waals surface area (Å²) in [6.45, 7) is 9.27. The monoisotopic (exact) mass is 202 g/mol.